The van der Waals surface area contributed by atoms with Crippen LogP contribution in [-0.2, 0) is 0 Å². The molecule has 0 unspecified atom stereocenters. The van der Waals surface area contributed by atoms with Crippen molar-refractivity contribution in [3.63, 3.8) is 0 Å². The first-order valence-corrected chi connectivity index (χ1v) is 7.36. The summed E-state index contributed by atoms with van der Waals surface area (Å²) in [7, 11) is 0. The van der Waals surface area contributed by atoms with Gasteiger partial charge in [0, 0.05) is 18.0 Å². The molecule has 23 heavy (non-hydrogen) atoms. The quantitative estimate of drug-likeness (QED) is 0.938. The molecule has 0 aliphatic carbocycles. The Bertz CT molecular complexity index is 722. The van der Waals surface area contributed by atoms with Crippen molar-refractivity contribution in [3.8, 4) is 5.75 Å². The highest BCUT2D eigenvalue weighted by molar-refractivity contribution is 5.95. The number of carbonyl (C=O) groups excluding carboxylic acids is 1. The van der Waals surface area contributed by atoms with E-state index in [2.05, 4.69) is 4.98 Å². The van der Waals surface area contributed by atoms with Gasteiger partial charge in [-0.05, 0) is 31.2 Å². The van der Waals surface area contributed by atoms with Crippen molar-refractivity contribution < 1.29 is 19.0 Å². The summed E-state index contributed by atoms with van der Waals surface area (Å²) in [5, 5.41) is 10.1. The van der Waals surface area contributed by atoms with Crippen molar-refractivity contribution in [1.82, 2.24) is 9.88 Å². The van der Waals surface area contributed by atoms with Gasteiger partial charge in [-0.25, -0.2) is 4.39 Å². The summed E-state index contributed by atoms with van der Waals surface area (Å²) < 4.78 is 18.8. The number of carbonyl (C=O) groups is 1. The summed E-state index contributed by atoms with van der Waals surface area (Å²) >= 11 is 0. The number of rotatable bonds is 3. The van der Waals surface area contributed by atoms with Crippen molar-refractivity contribution in [2.45, 2.75) is 19.1 Å². The zero-order valence-corrected chi connectivity index (χ0v) is 12.6. The third kappa shape index (κ3) is 3.32. The van der Waals surface area contributed by atoms with E-state index < -0.39 is 18.0 Å². The molecule has 1 aromatic heterocycles. The zero-order valence-electron chi connectivity index (χ0n) is 12.6. The first-order chi connectivity index (χ1) is 11.0. The second kappa shape index (κ2) is 6.34. The molecule has 1 aromatic carbocycles. The summed E-state index contributed by atoms with van der Waals surface area (Å²) in [4.78, 5) is 18.2. The summed E-state index contributed by atoms with van der Waals surface area (Å²) in [6.07, 6.45) is 0.220. The SMILES string of the molecule is Cc1ncccc1C(=O)N1C[C@@H](O)[C@H](Oc2cccc(F)c2)C1. The second-order valence-electron chi connectivity index (χ2n) is 5.53. The predicted molar refractivity (Wildman–Crippen MR) is 81.7 cm³/mol. The Balaban J connectivity index is 1.71. The topological polar surface area (TPSA) is 62.7 Å². The van der Waals surface area contributed by atoms with E-state index in [1.54, 1.807) is 31.3 Å². The first kappa shape index (κ1) is 15.4. The van der Waals surface area contributed by atoms with Crippen LogP contribution in [0.4, 0.5) is 4.39 Å². The van der Waals surface area contributed by atoms with Gasteiger partial charge in [-0.3, -0.25) is 9.78 Å². The molecule has 2 heterocycles. The van der Waals surface area contributed by atoms with Gasteiger partial charge in [-0.15, -0.1) is 0 Å². The normalized spacial score (nSPS) is 20.6. The van der Waals surface area contributed by atoms with Gasteiger partial charge in [0.2, 0.25) is 0 Å². The molecule has 0 radical (unpaired) electrons. The standard InChI is InChI=1S/C17H17FN2O3/c1-11-14(6-3-7-19-11)17(22)20-9-15(21)16(10-20)23-13-5-2-4-12(18)8-13/h2-8,15-16,21H,9-10H2,1H3/t15-,16-/m1/s1. The van der Waals surface area contributed by atoms with Crippen LogP contribution in [0.1, 0.15) is 16.1 Å². The molecule has 5 nitrogen and oxygen atoms in total. The van der Waals surface area contributed by atoms with Crippen LogP contribution in [-0.4, -0.2) is 46.2 Å². The lowest BCUT2D eigenvalue weighted by Crippen LogP contribution is -2.31. The lowest BCUT2D eigenvalue weighted by Gasteiger charge is -2.17. The zero-order chi connectivity index (χ0) is 16.4. The number of aliphatic hydroxyl groups excluding tert-OH is 1. The van der Waals surface area contributed by atoms with Crippen LogP contribution in [0.2, 0.25) is 0 Å². The minimum absolute atomic E-state index is 0.174. The van der Waals surface area contributed by atoms with Crippen molar-refractivity contribution in [1.29, 1.82) is 0 Å². The first-order valence-electron chi connectivity index (χ1n) is 7.36. The number of aliphatic hydroxyl groups is 1. The molecule has 1 aliphatic rings. The van der Waals surface area contributed by atoms with Crippen LogP contribution in [0.25, 0.3) is 0 Å². The van der Waals surface area contributed by atoms with E-state index in [0.29, 0.717) is 17.0 Å². The maximum absolute atomic E-state index is 13.2. The molecule has 1 fully saturated rings. The molecule has 2 atom stereocenters. The highest BCUT2D eigenvalue weighted by Crippen LogP contribution is 2.21. The van der Waals surface area contributed by atoms with Gasteiger partial charge < -0.3 is 14.7 Å². The Morgan fingerprint density at radius 2 is 2.17 bits per heavy atom. The lowest BCUT2D eigenvalue weighted by molar-refractivity contribution is 0.0727. The molecule has 6 heteroatoms. The maximum atomic E-state index is 13.2. The molecule has 3 rings (SSSR count). The van der Waals surface area contributed by atoms with E-state index in [4.69, 9.17) is 4.74 Å². The molecule has 0 saturated carbocycles. The Labute approximate surface area is 133 Å². The van der Waals surface area contributed by atoms with Gasteiger partial charge in [0.25, 0.3) is 5.91 Å². The summed E-state index contributed by atoms with van der Waals surface area (Å²) in [6, 6.07) is 9.13. The van der Waals surface area contributed by atoms with Crippen LogP contribution in [0, 0.1) is 12.7 Å². The van der Waals surface area contributed by atoms with E-state index >= 15 is 0 Å². The van der Waals surface area contributed by atoms with E-state index in [0.717, 1.165) is 0 Å². The predicted octanol–water partition coefficient (Wildman–Crippen LogP) is 1.79. The van der Waals surface area contributed by atoms with Crippen LogP contribution >= 0.6 is 0 Å². The molecular weight excluding hydrogens is 299 g/mol. The number of amides is 1. The third-order valence-corrected chi connectivity index (χ3v) is 3.85. The number of β-amino-alcohol motifs (C(OH)–C–C–N with tert-alkyl or cyclic N) is 1. The highest BCUT2D eigenvalue weighted by Gasteiger charge is 2.36. The number of benzene rings is 1. The second-order valence-corrected chi connectivity index (χ2v) is 5.53. The van der Waals surface area contributed by atoms with E-state index in [-0.39, 0.29) is 19.0 Å². The smallest absolute Gasteiger partial charge is 0.255 e. The summed E-state index contributed by atoms with van der Waals surface area (Å²) in [5.74, 6) is -0.269. The Hall–Kier alpha value is -2.47. The summed E-state index contributed by atoms with van der Waals surface area (Å²) in [6.45, 7) is 2.18. The average Bonchev–Trinajstić information content (AvgIpc) is 2.88. The molecule has 2 aromatic rings. The van der Waals surface area contributed by atoms with Crippen molar-refractivity contribution in [2.24, 2.45) is 0 Å². The van der Waals surface area contributed by atoms with E-state index in [1.807, 2.05) is 0 Å². The molecule has 1 amide bonds. The molecule has 1 aliphatic heterocycles. The van der Waals surface area contributed by atoms with Gasteiger partial charge in [0.05, 0.1) is 18.7 Å². The Kier molecular flexibility index (Phi) is 4.25. The van der Waals surface area contributed by atoms with Crippen LogP contribution in [0.15, 0.2) is 42.6 Å². The maximum Gasteiger partial charge on any atom is 0.255 e. The number of hydrogen-bond donors (Lipinski definition) is 1. The van der Waals surface area contributed by atoms with E-state index in [1.165, 1.54) is 23.1 Å². The number of nitrogens with zero attached hydrogens (tertiary/aromatic N) is 2. The molecule has 0 spiro atoms. The average molecular weight is 316 g/mol. The van der Waals surface area contributed by atoms with E-state index in [9.17, 15) is 14.3 Å². The van der Waals surface area contributed by atoms with Crippen LogP contribution < -0.4 is 4.74 Å². The number of ether oxygens (including phenoxy) is 1. The van der Waals surface area contributed by atoms with Crippen molar-refractivity contribution >= 4 is 5.91 Å². The lowest BCUT2D eigenvalue weighted by atomic mass is 10.2. The molecular formula is C17H17FN2O3. The Morgan fingerprint density at radius 3 is 2.91 bits per heavy atom. The number of hydrogen-bond acceptors (Lipinski definition) is 4. The highest BCUT2D eigenvalue weighted by atomic mass is 19.1. The molecule has 0 bridgehead atoms. The van der Waals surface area contributed by atoms with Gasteiger partial charge >= 0.3 is 0 Å². The van der Waals surface area contributed by atoms with Crippen molar-refractivity contribution in [3.05, 3.63) is 59.7 Å². The van der Waals surface area contributed by atoms with Crippen LogP contribution in [0.5, 0.6) is 5.75 Å². The van der Waals surface area contributed by atoms with Crippen molar-refractivity contribution in [2.75, 3.05) is 13.1 Å². The fraction of sp³-hybridized carbons (Fsp3) is 0.294. The molecule has 120 valence electrons. The third-order valence-electron chi connectivity index (χ3n) is 3.85. The fourth-order valence-corrected chi connectivity index (χ4v) is 2.63. The van der Waals surface area contributed by atoms with Gasteiger partial charge in [-0.2, -0.15) is 0 Å². The number of aryl methyl sites for hydroxylation is 1. The number of likely N-dealkylation sites (tertiary alicyclic amines) is 1. The minimum Gasteiger partial charge on any atom is -0.486 e. The molecule has 1 N–H and O–H groups in total. The van der Waals surface area contributed by atoms with Crippen LogP contribution in [0.3, 0.4) is 0 Å². The monoisotopic (exact) mass is 316 g/mol. The fourth-order valence-electron chi connectivity index (χ4n) is 2.63. The number of aromatic nitrogens is 1. The number of pyridine rings is 1. The minimum atomic E-state index is -0.820. The largest absolute Gasteiger partial charge is 0.486 e. The summed E-state index contributed by atoms with van der Waals surface area (Å²) in [5.41, 5.74) is 1.15. The molecule has 1 saturated heterocycles. The van der Waals surface area contributed by atoms with Gasteiger partial charge in [-0.1, -0.05) is 6.07 Å². The number of halogens is 1. The Morgan fingerprint density at radius 1 is 1.35 bits per heavy atom. The van der Waals surface area contributed by atoms with Gasteiger partial charge in [0.1, 0.15) is 23.8 Å². The van der Waals surface area contributed by atoms with Gasteiger partial charge in [0.15, 0.2) is 0 Å².